The van der Waals surface area contributed by atoms with E-state index in [2.05, 4.69) is 4.99 Å². The number of alkyl halides is 3. The van der Waals surface area contributed by atoms with Crippen LogP contribution in [0.3, 0.4) is 0 Å². The minimum atomic E-state index is -4.85. The molecule has 1 aliphatic rings. The molecule has 0 unspecified atom stereocenters. The number of halogens is 3. The van der Waals surface area contributed by atoms with Crippen LogP contribution in [0.5, 0.6) is 0 Å². The van der Waals surface area contributed by atoms with Crippen LogP contribution in [0, 0.1) is 0 Å². The molecular weight excluding hydrogens is 277 g/mol. The Bertz CT molecular complexity index is 487. The third kappa shape index (κ3) is 3.50. The highest BCUT2D eigenvalue weighted by Crippen LogP contribution is 2.25. The van der Waals surface area contributed by atoms with Gasteiger partial charge in [0.25, 0.3) is 0 Å². The Labute approximate surface area is 112 Å². The standard InChI is InChI=1S/C12H11F3N2OS/c13-12(14,15)10(18)17-7-6-16-11(17)19-8-9-4-2-1-3-5-9/h1-5H,6-8H2. The van der Waals surface area contributed by atoms with E-state index in [0.29, 0.717) is 10.7 Å². The fraction of sp³-hybridized carbons (Fsp3) is 0.333. The fourth-order valence-electron chi connectivity index (χ4n) is 1.61. The third-order valence-electron chi connectivity index (χ3n) is 2.50. The van der Waals surface area contributed by atoms with Gasteiger partial charge in [0, 0.05) is 12.3 Å². The van der Waals surface area contributed by atoms with Crippen LogP contribution in [-0.4, -0.2) is 35.2 Å². The molecule has 1 amide bonds. The Morgan fingerprint density at radius 1 is 1.32 bits per heavy atom. The molecule has 3 nitrogen and oxygen atoms in total. The lowest BCUT2D eigenvalue weighted by molar-refractivity contribution is -0.180. The van der Waals surface area contributed by atoms with Crippen molar-refractivity contribution in [3.63, 3.8) is 0 Å². The Morgan fingerprint density at radius 3 is 2.63 bits per heavy atom. The molecule has 0 aromatic heterocycles. The topological polar surface area (TPSA) is 32.7 Å². The number of thioether (sulfide) groups is 1. The van der Waals surface area contributed by atoms with Crippen LogP contribution in [0.25, 0.3) is 0 Å². The number of nitrogens with zero attached hydrogens (tertiary/aromatic N) is 2. The molecule has 0 saturated carbocycles. The summed E-state index contributed by atoms with van der Waals surface area (Å²) in [5.41, 5.74) is 0.974. The summed E-state index contributed by atoms with van der Waals surface area (Å²) in [5.74, 6) is -1.36. The number of carbonyl (C=O) groups is 1. The summed E-state index contributed by atoms with van der Waals surface area (Å²) in [6, 6.07) is 9.31. The highest BCUT2D eigenvalue weighted by Gasteiger charge is 2.44. The number of hydrogen-bond acceptors (Lipinski definition) is 3. The molecule has 0 saturated heterocycles. The zero-order valence-corrected chi connectivity index (χ0v) is 10.7. The summed E-state index contributed by atoms with van der Waals surface area (Å²) in [6.07, 6.45) is -4.85. The van der Waals surface area contributed by atoms with E-state index in [1.165, 1.54) is 0 Å². The van der Waals surface area contributed by atoms with Crippen molar-refractivity contribution in [1.29, 1.82) is 0 Å². The van der Waals surface area contributed by atoms with Gasteiger partial charge < -0.3 is 0 Å². The molecule has 1 heterocycles. The van der Waals surface area contributed by atoms with Crippen molar-refractivity contribution >= 4 is 22.8 Å². The second kappa shape index (κ2) is 5.64. The monoisotopic (exact) mass is 288 g/mol. The van der Waals surface area contributed by atoms with Crippen molar-refractivity contribution in [3.05, 3.63) is 35.9 Å². The Morgan fingerprint density at radius 2 is 2.00 bits per heavy atom. The van der Waals surface area contributed by atoms with Crippen molar-refractivity contribution < 1.29 is 18.0 Å². The second-order valence-electron chi connectivity index (χ2n) is 3.89. The first-order chi connectivity index (χ1) is 8.98. The van der Waals surface area contributed by atoms with Gasteiger partial charge in [-0.05, 0) is 5.56 Å². The molecule has 19 heavy (non-hydrogen) atoms. The van der Waals surface area contributed by atoms with E-state index in [9.17, 15) is 18.0 Å². The molecule has 0 spiro atoms. The van der Waals surface area contributed by atoms with Gasteiger partial charge in [-0.15, -0.1) is 0 Å². The van der Waals surface area contributed by atoms with E-state index in [1.54, 1.807) is 0 Å². The Kier molecular flexibility index (Phi) is 4.14. The molecule has 2 rings (SSSR count). The molecule has 0 aliphatic carbocycles. The molecule has 1 aliphatic heterocycles. The minimum absolute atomic E-state index is 0.00450. The third-order valence-corrected chi connectivity index (χ3v) is 3.59. The van der Waals surface area contributed by atoms with E-state index >= 15 is 0 Å². The number of amides is 1. The quantitative estimate of drug-likeness (QED) is 0.838. The van der Waals surface area contributed by atoms with E-state index in [1.807, 2.05) is 30.3 Å². The normalized spacial score (nSPS) is 15.5. The van der Waals surface area contributed by atoms with Gasteiger partial charge >= 0.3 is 12.1 Å². The van der Waals surface area contributed by atoms with Crippen LogP contribution < -0.4 is 0 Å². The largest absolute Gasteiger partial charge is 0.471 e. The first-order valence-electron chi connectivity index (χ1n) is 5.58. The maximum absolute atomic E-state index is 12.4. The second-order valence-corrected chi connectivity index (χ2v) is 4.84. The lowest BCUT2D eigenvalue weighted by Crippen LogP contribution is -2.42. The first-order valence-corrected chi connectivity index (χ1v) is 6.57. The summed E-state index contributed by atoms with van der Waals surface area (Å²) in [5, 5.41) is 0.145. The van der Waals surface area contributed by atoms with Crippen LogP contribution in [0.15, 0.2) is 35.3 Å². The summed E-state index contributed by atoms with van der Waals surface area (Å²) in [7, 11) is 0. The number of aliphatic imine (C=N–C) groups is 1. The minimum Gasteiger partial charge on any atom is -0.282 e. The number of carbonyl (C=O) groups excluding carboxylic acids is 1. The molecule has 1 aromatic rings. The lowest BCUT2D eigenvalue weighted by atomic mass is 10.2. The van der Waals surface area contributed by atoms with Crippen molar-refractivity contribution in [2.75, 3.05) is 13.1 Å². The average molecular weight is 288 g/mol. The van der Waals surface area contributed by atoms with E-state index in [-0.39, 0.29) is 18.3 Å². The van der Waals surface area contributed by atoms with Crippen molar-refractivity contribution in [1.82, 2.24) is 4.90 Å². The van der Waals surface area contributed by atoms with Gasteiger partial charge in [0.15, 0.2) is 5.17 Å². The van der Waals surface area contributed by atoms with Crippen LogP contribution in [-0.2, 0) is 10.5 Å². The van der Waals surface area contributed by atoms with Gasteiger partial charge in [0.1, 0.15) is 0 Å². The molecule has 0 atom stereocenters. The van der Waals surface area contributed by atoms with Gasteiger partial charge in [-0.25, -0.2) is 0 Å². The van der Waals surface area contributed by atoms with Crippen molar-refractivity contribution in [3.8, 4) is 0 Å². The van der Waals surface area contributed by atoms with Gasteiger partial charge in [-0.1, -0.05) is 42.1 Å². The molecule has 7 heteroatoms. The summed E-state index contributed by atoms with van der Waals surface area (Å²) in [4.78, 5) is 15.8. The smallest absolute Gasteiger partial charge is 0.282 e. The SMILES string of the molecule is O=C(N1CCN=C1SCc1ccccc1)C(F)(F)F. The van der Waals surface area contributed by atoms with Crippen LogP contribution in [0.2, 0.25) is 0 Å². The van der Waals surface area contributed by atoms with E-state index in [4.69, 9.17) is 0 Å². The molecule has 1 aromatic carbocycles. The zero-order valence-electron chi connectivity index (χ0n) is 9.85. The molecule has 0 N–H and O–H groups in total. The van der Waals surface area contributed by atoms with Gasteiger partial charge in [0.2, 0.25) is 0 Å². The summed E-state index contributed by atoms with van der Waals surface area (Å²) < 4.78 is 37.1. The Balaban J connectivity index is 1.98. The van der Waals surface area contributed by atoms with Crippen molar-refractivity contribution in [2.45, 2.75) is 11.9 Å². The highest BCUT2D eigenvalue weighted by molar-refractivity contribution is 8.13. The van der Waals surface area contributed by atoms with Crippen LogP contribution in [0.1, 0.15) is 5.56 Å². The fourth-order valence-corrected chi connectivity index (χ4v) is 2.61. The number of amidine groups is 1. The van der Waals surface area contributed by atoms with Crippen LogP contribution >= 0.6 is 11.8 Å². The predicted octanol–water partition coefficient (Wildman–Crippen LogP) is 2.68. The predicted molar refractivity (Wildman–Crippen MR) is 67.8 cm³/mol. The average Bonchev–Trinajstić information content (AvgIpc) is 2.83. The zero-order chi connectivity index (χ0) is 13.9. The maximum Gasteiger partial charge on any atom is 0.471 e. The number of hydrogen-bond donors (Lipinski definition) is 0. The Hall–Kier alpha value is -1.50. The molecule has 0 bridgehead atoms. The van der Waals surface area contributed by atoms with Crippen LogP contribution in [0.4, 0.5) is 13.2 Å². The van der Waals surface area contributed by atoms with Crippen molar-refractivity contribution in [2.24, 2.45) is 4.99 Å². The summed E-state index contributed by atoms with van der Waals surface area (Å²) >= 11 is 1.14. The molecular formula is C12H11F3N2OS. The van der Waals surface area contributed by atoms with E-state index < -0.39 is 12.1 Å². The maximum atomic E-state index is 12.4. The van der Waals surface area contributed by atoms with E-state index in [0.717, 1.165) is 17.3 Å². The van der Waals surface area contributed by atoms with Gasteiger partial charge in [-0.2, -0.15) is 13.2 Å². The molecule has 0 fully saturated rings. The molecule has 102 valence electrons. The summed E-state index contributed by atoms with van der Waals surface area (Å²) in [6.45, 7) is 0.217. The van der Waals surface area contributed by atoms with Gasteiger partial charge in [-0.3, -0.25) is 14.7 Å². The lowest BCUT2D eigenvalue weighted by Gasteiger charge is -2.18. The highest BCUT2D eigenvalue weighted by atomic mass is 32.2. The number of benzene rings is 1. The number of rotatable bonds is 2. The first kappa shape index (κ1) is 13.9. The van der Waals surface area contributed by atoms with Gasteiger partial charge in [0.05, 0.1) is 6.54 Å². The molecule has 0 radical (unpaired) electrons.